The zero-order valence-electron chi connectivity index (χ0n) is 10.1. The second kappa shape index (κ2) is 5.13. The van der Waals surface area contributed by atoms with E-state index < -0.39 is 13.1 Å². The number of carbonyl (C=O) groups is 1. The number of ether oxygens (including phenoxy) is 2. The minimum absolute atomic E-state index is 0.224. The van der Waals surface area contributed by atoms with Crippen molar-refractivity contribution < 1.29 is 23.9 Å². The van der Waals surface area contributed by atoms with Gasteiger partial charge in [0.2, 0.25) is 0 Å². The number of carbonyl (C=O) groups excluding carboxylic acids is 1. The van der Waals surface area contributed by atoms with Gasteiger partial charge in [0.15, 0.2) is 0 Å². The molecule has 3 rings (SSSR count). The summed E-state index contributed by atoms with van der Waals surface area (Å²) in [6.07, 6.45) is 0.470. The second-order valence-corrected chi connectivity index (χ2v) is 4.99. The summed E-state index contributed by atoms with van der Waals surface area (Å²) in [5.74, 6) is -0.498. The molecule has 0 aromatic heterocycles. The Kier molecular flexibility index (Phi) is 3.49. The van der Waals surface area contributed by atoms with Crippen molar-refractivity contribution in [3.63, 3.8) is 0 Å². The monoisotopic (exact) mass is 282 g/mol. The fraction of sp³-hybridized carbons (Fsp3) is 0.417. The van der Waals surface area contributed by atoms with Crippen LogP contribution < -0.4 is 5.46 Å². The molecule has 2 aliphatic rings. The quantitative estimate of drug-likeness (QED) is 0.632. The summed E-state index contributed by atoms with van der Waals surface area (Å²) in [7, 11) is -1.01. The van der Waals surface area contributed by atoms with E-state index in [1.807, 2.05) is 0 Å². The first-order valence-electron chi connectivity index (χ1n) is 6.06. The molecule has 0 saturated carbocycles. The molecule has 5 nitrogen and oxygen atoms in total. The van der Waals surface area contributed by atoms with Gasteiger partial charge in [-0.25, -0.2) is 4.79 Å². The van der Waals surface area contributed by atoms with Crippen molar-refractivity contribution in [3.05, 3.63) is 28.3 Å². The lowest BCUT2D eigenvalue weighted by Crippen LogP contribution is -2.29. The molecule has 0 radical (unpaired) electrons. The molecule has 1 N–H and O–H groups in total. The third kappa shape index (κ3) is 2.49. The van der Waals surface area contributed by atoms with Crippen LogP contribution in [0.5, 0.6) is 0 Å². The van der Waals surface area contributed by atoms with E-state index in [2.05, 4.69) is 0 Å². The van der Waals surface area contributed by atoms with E-state index in [1.165, 1.54) is 6.07 Å². The van der Waals surface area contributed by atoms with Crippen molar-refractivity contribution in [1.29, 1.82) is 0 Å². The molecule has 1 atom stereocenters. The fourth-order valence-electron chi connectivity index (χ4n) is 2.22. The Hall–Kier alpha value is -1.08. The summed E-state index contributed by atoms with van der Waals surface area (Å²) < 4.78 is 15.5. The van der Waals surface area contributed by atoms with E-state index >= 15 is 0 Å². The van der Waals surface area contributed by atoms with Crippen LogP contribution in [0.25, 0.3) is 0 Å². The number of hydrogen-bond donors (Lipinski definition) is 1. The lowest BCUT2D eigenvalue weighted by molar-refractivity contribution is 0.0271. The predicted molar refractivity (Wildman–Crippen MR) is 68.5 cm³/mol. The predicted octanol–water partition coefficient (Wildman–Crippen LogP) is 0.503. The Morgan fingerprint density at radius 2 is 2.37 bits per heavy atom. The number of hydrogen-bond acceptors (Lipinski definition) is 5. The van der Waals surface area contributed by atoms with Gasteiger partial charge in [-0.15, -0.1) is 0 Å². The first-order valence-corrected chi connectivity index (χ1v) is 6.43. The molecule has 1 unspecified atom stereocenters. The van der Waals surface area contributed by atoms with Crippen LogP contribution in [0, 0.1) is 0 Å². The number of halogens is 1. The normalized spacial score (nSPS) is 21.6. The van der Waals surface area contributed by atoms with Gasteiger partial charge in [0.25, 0.3) is 0 Å². The highest BCUT2D eigenvalue weighted by atomic mass is 35.5. The molecule has 100 valence electrons. The molecule has 2 heterocycles. The first-order chi connectivity index (χ1) is 9.15. The SMILES string of the molecule is O=C(OC1CCOC1)c1cc2c(cc1Cl)COB2O. The molecule has 1 aromatic rings. The lowest BCUT2D eigenvalue weighted by Gasteiger charge is -2.12. The third-order valence-electron chi connectivity index (χ3n) is 3.27. The van der Waals surface area contributed by atoms with Gasteiger partial charge in [-0.1, -0.05) is 11.6 Å². The van der Waals surface area contributed by atoms with Gasteiger partial charge in [-0.2, -0.15) is 0 Å². The molecular formula is C12H12BClO5. The van der Waals surface area contributed by atoms with E-state index in [1.54, 1.807) is 6.07 Å². The Morgan fingerprint density at radius 1 is 1.53 bits per heavy atom. The number of rotatable bonds is 2. The third-order valence-corrected chi connectivity index (χ3v) is 3.59. The van der Waals surface area contributed by atoms with Crippen LogP contribution >= 0.6 is 11.6 Å². The molecule has 1 saturated heterocycles. The van der Waals surface area contributed by atoms with Gasteiger partial charge in [-0.3, -0.25) is 0 Å². The van der Waals surface area contributed by atoms with Crippen LogP contribution in [0.1, 0.15) is 22.3 Å². The Bertz CT molecular complexity index is 515. The van der Waals surface area contributed by atoms with Gasteiger partial charge < -0.3 is 19.2 Å². The molecule has 0 bridgehead atoms. The standard InChI is InChI=1S/C12H12BClO5/c14-11-3-7-5-18-13(16)10(7)4-9(11)12(15)19-8-1-2-17-6-8/h3-4,8,16H,1-2,5-6H2. The van der Waals surface area contributed by atoms with Gasteiger partial charge in [0.05, 0.1) is 30.4 Å². The molecule has 2 aliphatic heterocycles. The van der Waals surface area contributed by atoms with E-state index in [4.69, 9.17) is 25.7 Å². The van der Waals surface area contributed by atoms with Crippen LogP contribution in [0.15, 0.2) is 12.1 Å². The van der Waals surface area contributed by atoms with Gasteiger partial charge in [0, 0.05) is 6.42 Å². The Labute approximate surface area is 115 Å². The molecule has 19 heavy (non-hydrogen) atoms. The largest absolute Gasteiger partial charge is 0.491 e. The van der Waals surface area contributed by atoms with Crippen LogP contribution in [-0.2, 0) is 20.7 Å². The van der Waals surface area contributed by atoms with Crippen LogP contribution in [0.2, 0.25) is 5.02 Å². The summed E-state index contributed by atoms with van der Waals surface area (Å²) in [6.45, 7) is 1.31. The highest BCUT2D eigenvalue weighted by Gasteiger charge is 2.30. The summed E-state index contributed by atoms with van der Waals surface area (Å²) in [6, 6.07) is 3.17. The maximum Gasteiger partial charge on any atom is 0.491 e. The number of benzene rings is 1. The average Bonchev–Trinajstić information content (AvgIpc) is 2.99. The molecule has 7 heteroatoms. The Balaban J connectivity index is 1.83. The maximum absolute atomic E-state index is 12.0. The smallest absolute Gasteiger partial charge is 0.456 e. The van der Waals surface area contributed by atoms with E-state index in [0.29, 0.717) is 36.7 Å². The lowest BCUT2D eigenvalue weighted by atomic mass is 9.79. The highest BCUT2D eigenvalue weighted by molar-refractivity contribution is 6.61. The van der Waals surface area contributed by atoms with Crippen molar-refractivity contribution in [3.8, 4) is 0 Å². The summed E-state index contributed by atoms with van der Waals surface area (Å²) >= 11 is 6.07. The topological polar surface area (TPSA) is 65.0 Å². The average molecular weight is 282 g/mol. The number of fused-ring (bicyclic) bond motifs is 1. The number of esters is 1. The van der Waals surface area contributed by atoms with Crippen LogP contribution in [-0.4, -0.2) is 37.4 Å². The molecule has 1 aromatic carbocycles. The van der Waals surface area contributed by atoms with Crippen molar-refractivity contribution in [2.75, 3.05) is 13.2 Å². The van der Waals surface area contributed by atoms with Gasteiger partial charge in [0.1, 0.15) is 6.10 Å². The summed E-state index contributed by atoms with van der Waals surface area (Å²) in [4.78, 5) is 12.0. The van der Waals surface area contributed by atoms with E-state index in [0.717, 1.165) is 5.56 Å². The minimum Gasteiger partial charge on any atom is -0.456 e. The highest BCUT2D eigenvalue weighted by Crippen LogP contribution is 2.22. The van der Waals surface area contributed by atoms with E-state index in [-0.39, 0.29) is 11.7 Å². The molecule has 0 aliphatic carbocycles. The van der Waals surface area contributed by atoms with Crippen molar-refractivity contribution in [1.82, 2.24) is 0 Å². The van der Waals surface area contributed by atoms with Gasteiger partial charge >= 0.3 is 13.1 Å². The molecule has 0 spiro atoms. The van der Waals surface area contributed by atoms with Crippen molar-refractivity contribution in [2.45, 2.75) is 19.1 Å². The minimum atomic E-state index is -1.01. The van der Waals surface area contributed by atoms with Crippen molar-refractivity contribution in [2.24, 2.45) is 0 Å². The van der Waals surface area contributed by atoms with Crippen molar-refractivity contribution >= 4 is 30.2 Å². The van der Waals surface area contributed by atoms with Gasteiger partial charge in [-0.05, 0) is 23.2 Å². The zero-order chi connectivity index (χ0) is 13.4. The summed E-state index contributed by atoms with van der Waals surface area (Å²) in [5.41, 5.74) is 1.61. The van der Waals surface area contributed by atoms with E-state index in [9.17, 15) is 9.82 Å². The fourth-order valence-corrected chi connectivity index (χ4v) is 2.49. The maximum atomic E-state index is 12.0. The van der Waals surface area contributed by atoms with Crippen LogP contribution in [0.3, 0.4) is 0 Å². The summed E-state index contributed by atoms with van der Waals surface area (Å²) in [5, 5.41) is 9.93. The zero-order valence-corrected chi connectivity index (χ0v) is 10.9. The molecule has 1 fully saturated rings. The second-order valence-electron chi connectivity index (χ2n) is 4.59. The molecular weight excluding hydrogens is 270 g/mol. The van der Waals surface area contributed by atoms with Crippen LogP contribution in [0.4, 0.5) is 0 Å². The Morgan fingerprint density at radius 3 is 3.11 bits per heavy atom. The molecule has 0 amide bonds. The first kappa shape index (κ1) is 12.9.